The Kier molecular flexibility index (Phi) is 7.17. The predicted octanol–water partition coefficient (Wildman–Crippen LogP) is 2.23. The van der Waals surface area contributed by atoms with Gasteiger partial charge in [-0.05, 0) is 42.4 Å². The molecule has 6 heteroatoms. The molecule has 0 spiro atoms. The van der Waals surface area contributed by atoms with Crippen molar-refractivity contribution in [3.8, 4) is 5.75 Å². The number of nitrogens with one attached hydrogen (secondary N) is 1. The van der Waals surface area contributed by atoms with Crippen LogP contribution in [0.15, 0.2) is 48.5 Å². The van der Waals surface area contributed by atoms with Crippen LogP contribution in [0.3, 0.4) is 0 Å². The number of carbonyl (C=O) groups is 2. The summed E-state index contributed by atoms with van der Waals surface area (Å²) in [7, 11) is 4.88. The van der Waals surface area contributed by atoms with E-state index in [0.29, 0.717) is 25.2 Å². The molecular formula is C20H24N2O4. The molecule has 138 valence electrons. The van der Waals surface area contributed by atoms with Crippen molar-refractivity contribution in [2.45, 2.75) is 13.1 Å². The van der Waals surface area contributed by atoms with Gasteiger partial charge in [0.15, 0.2) is 0 Å². The number of likely N-dealkylation sites (N-methyl/N-ethyl adjacent to an activating group) is 1. The summed E-state index contributed by atoms with van der Waals surface area (Å²) in [5, 5.41) is 2.88. The fourth-order valence-electron chi connectivity index (χ4n) is 2.48. The van der Waals surface area contributed by atoms with E-state index in [2.05, 4.69) is 10.1 Å². The van der Waals surface area contributed by atoms with Crippen LogP contribution in [-0.2, 0) is 22.6 Å². The van der Waals surface area contributed by atoms with Crippen LogP contribution in [-0.4, -0.2) is 44.6 Å². The van der Waals surface area contributed by atoms with Gasteiger partial charge in [0.1, 0.15) is 5.75 Å². The highest BCUT2D eigenvalue weighted by atomic mass is 16.5. The van der Waals surface area contributed by atoms with Crippen molar-refractivity contribution in [2.24, 2.45) is 0 Å². The average molecular weight is 356 g/mol. The van der Waals surface area contributed by atoms with E-state index in [-0.39, 0.29) is 11.9 Å². The molecule has 0 aromatic heterocycles. The third-order valence-corrected chi connectivity index (χ3v) is 3.89. The molecule has 0 aliphatic heterocycles. The van der Waals surface area contributed by atoms with Crippen LogP contribution in [0.2, 0.25) is 0 Å². The van der Waals surface area contributed by atoms with Crippen molar-refractivity contribution in [1.29, 1.82) is 0 Å². The second-order valence-electron chi connectivity index (χ2n) is 5.99. The summed E-state index contributed by atoms with van der Waals surface area (Å²) in [6.07, 6.45) is 0. The molecule has 2 aromatic carbocycles. The van der Waals surface area contributed by atoms with E-state index in [0.717, 1.165) is 16.9 Å². The second-order valence-corrected chi connectivity index (χ2v) is 5.99. The Hall–Kier alpha value is -2.86. The van der Waals surface area contributed by atoms with Gasteiger partial charge in [0.05, 0.1) is 26.3 Å². The molecule has 1 amide bonds. The molecule has 0 aliphatic rings. The SMILES string of the molecule is COC(=O)c1ccc(CNC(=O)CN(C)Cc2ccc(OC)cc2)cc1. The standard InChI is InChI=1S/C20H24N2O4/c1-22(13-16-6-10-18(25-2)11-7-16)14-19(23)21-12-15-4-8-17(9-5-15)20(24)26-3/h4-11H,12-14H2,1-3H3,(H,21,23). The highest BCUT2D eigenvalue weighted by Crippen LogP contribution is 2.12. The zero-order valence-electron chi connectivity index (χ0n) is 15.3. The van der Waals surface area contributed by atoms with E-state index in [1.165, 1.54) is 7.11 Å². The molecule has 1 N–H and O–H groups in total. The maximum Gasteiger partial charge on any atom is 0.337 e. The highest BCUT2D eigenvalue weighted by molar-refractivity contribution is 5.89. The molecule has 0 fully saturated rings. The Morgan fingerprint density at radius 1 is 0.962 bits per heavy atom. The maximum atomic E-state index is 12.1. The normalized spacial score (nSPS) is 10.5. The summed E-state index contributed by atoms with van der Waals surface area (Å²) < 4.78 is 9.79. The van der Waals surface area contributed by atoms with E-state index in [1.807, 2.05) is 36.2 Å². The fraction of sp³-hybridized carbons (Fsp3) is 0.300. The van der Waals surface area contributed by atoms with Crippen molar-refractivity contribution >= 4 is 11.9 Å². The lowest BCUT2D eigenvalue weighted by molar-refractivity contribution is -0.122. The first-order chi connectivity index (χ1) is 12.5. The van der Waals surface area contributed by atoms with Gasteiger partial charge in [-0.15, -0.1) is 0 Å². The minimum Gasteiger partial charge on any atom is -0.497 e. The van der Waals surface area contributed by atoms with Crippen LogP contribution in [0.5, 0.6) is 5.75 Å². The van der Waals surface area contributed by atoms with Crippen LogP contribution in [0.1, 0.15) is 21.5 Å². The smallest absolute Gasteiger partial charge is 0.337 e. The van der Waals surface area contributed by atoms with Gasteiger partial charge >= 0.3 is 5.97 Å². The summed E-state index contributed by atoms with van der Waals surface area (Å²) >= 11 is 0. The predicted molar refractivity (Wildman–Crippen MR) is 99.0 cm³/mol. The summed E-state index contributed by atoms with van der Waals surface area (Å²) in [5.74, 6) is 0.381. The number of hydrogen-bond acceptors (Lipinski definition) is 5. The van der Waals surface area contributed by atoms with Gasteiger partial charge in [-0.3, -0.25) is 9.69 Å². The largest absolute Gasteiger partial charge is 0.497 e. The Morgan fingerprint density at radius 2 is 1.58 bits per heavy atom. The lowest BCUT2D eigenvalue weighted by Crippen LogP contribution is -2.34. The molecule has 26 heavy (non-hydrogen) atoms. The van der Waals surface area contributed by atoms with E-state index < -0.39 is 0 Å². The minimum absolute atomic E-state index is 0.0574. The fourth-order valence-corrected chi connectivity index (χ4v) is 2.48. The van der Waals surface area contributed by atoms with E-state index in [9.17, 15) is 9.59 Å². The average Bonchev–Trinajstić information content (AvgIpc) is 2.66. The van der Waals surface area contributed by atoms with Gasteiger partial charge in [0, 0.05) is 13.1 Å². The number of rotatable bonds is 8. The van der Waals surface area contributed by atoms with Gasteiger partial charge in [-0.2, -0.15) is 0 Å². The van der Waals surface area contributed by atoms with Gasteiger partial charge in [0.2, 0.25) is 5.91 Å². The van der Waals surface area contributed by atoms with E-state index in [4.69, 9.17) is 4.74 Å². The number of carbonyl (C=O) groups excluding carboxylic acids is 2. The molecule has 0 radical (unpaired) electrons. The minimum atomic E-state index is -0.374. The zero-order valence-corrected chi connectivity index (χ0v) is 15.3. The molecular weight excluding hydrogens is 332 g/mol. The number of esters is 1. The Labute approximate surface area is 153 Å². The molecule has 2 aromatic rings. The summed E-state index contributed by atoms with van der Waals surface area (Å²) in [4.78, 5) is 25.4. The lowest BCUT2D eigenvalue weighted by Gasteiger charge is -2.16. The highest BCUT2D eigenvalue weighted by Gasteiger charge is 2.08. The third-order valence-electron chi connectivity index (χ3n) is 3.89. The molecule has 6 nitrogen and oxygen atoms in total. The first-order valence-corrected chi connectivity index (χ1v) is 8.27. The quantitative estimate of drug-likeness (QED) is 0.735. The van der Waals surface area contributed by atoms with Gasteiger partial charge < -0.3 is 14.8 Å². The van der Waals surface area contributed by atoms with Crippen molar-refractivity contribution in [2.75, 3.05) is 27.8 Å². The number of hydrogen-bond donors (Lipinski definition) is 1. The summed E-state index contributed by atoms with van der Waals surface area (Å²) in [6, 6.07) is 14.7. The Balaban J connectivity index is 1.77. The van der Waals surface area contributed by atoms with Crippen molar-refractivity contribution in [1.82, 2.24) is 10.2 Å². The van der Waals surface area contributed by atoms with Crippen LogP contribution in [0, 0.1) is 0 Å². The summed E-state index contributed by atoms with van der Waals surface area (Å²) in [6.45, 7) is 1.38. The number of ether oxygens (including phenoxy) is 2. The topological polar surface area (TPSA) is 67.9 Å². The monoisotopic (exact) mass is 356 g/mol. The molecule has 0 saturated heterocycles. The molecule has 0 bridgehead atoms. The van der Waals surface area contributed by atoms with Crippen molar-refractivity contribution in [3.05, 3.63) is 65.2 Å². The van der Waals surface area contributed by atoms with Crippen molar-refractivity contribution in [3.63, 3.8) is 0 Å². The van der Waals surface area contributed by atoms with E-state index in [1.54, 1.807) is 31.4 Å². The summed E-state index contributed by atoms with van der Waals surface area (Å²) in [5.41, 5.74) is 2.52. The molecule has 0 atom stereocenters. The molecule has 0 unspecified atom stereocenters. The van der Waals surface area contributed by atoms with Gasteiger partial charge in [0.25, 0.3) is 0 Å². The van der Waals surface area contributed by atoms with Crippen molar-refractivity contribution < 1.29 is 19.1 Å². The molecule has 2 rings (SSSR count). The number of nitrogens with zero attached hydrogens (tertiary/aromatic N) is 1. The zero-order chi connectivity index (χ0) is 18.9. The van der Waals surface area contributed by atoms with Crippen LogP contribution >= 0.6 is 0 Å². The first-order valence-electron chi connectivity index (χ1n) is 8.27. The van der Waals surface area contributed by atoms with Gasteiger partial charge in [-0.1, -0.05) is 24.3 Å². The molecule has 0 heterocycles. The first kappa shape index (κ1) is 19.5. The Morgan fingerprint density at radius 3 is 2.15 bits per heavy atom. The lowest BCUT2D eigenvalue weighted by atomic mass is 10.1. The number of benzene rings is 2. The Bertz CT molecular complexity index is 726. The molecule has 0 saturated carbocycles. The molecule has 0 aliphatic carbocycles. The van der Waals surface area contributed by atoms with E-state index >= 15 is 0 Å². The number of amides is 1. The number of methoxy groups -OCH3 is 2. The van der Waals surface area contributed by atoms with Crippen LogP contribution < -0.4 is 10.1 Å². The van der Waals surface area contributed by atoms with Gasteiger partial charge in [-0.25, -0.2) is 4.79 Å². The maximum absolute atomic E-state index is 12.1. The third kappa shape index (κ3) is 5.89. The van der Waals surface area contributed by atoms with Crippen LogP contribution in [0.25, 0.3) is 0 Å². The van der Waals surface area contributed by atoms with Crippen LogP contribution in [0.4, 0.5) is 0 Å². The second kappa shape index (κ2) is 9.58.